The first kappa shape index (κ1) is 25.5. The third-order valence-electron chi connectivity index (χ3n) is 6.74. The zero-order chi connectivity index (χ0) is 24.9. The van der Waals surface area contributed by atoms with E-state index < -0.39 is 0 Å². The molecule has 2 N–H and O–H groups in total. The van der Waals surface area contributed by atoms with E-state index in [9.17, 15) is 14.4 Å². The Morgan fingerprint density at radius 1 is 0.886 bits per heavy atom. The molecular formula is C26H30Cl2N4O3. The van der Waals surface area contributed by atoms with E-state index in [2.05, 4.69) is 15.5 Å². The van der Waals surface area contributed by atoms with E-state index in [4.69, 9.17) is 23.2 Å². The minimum absolute atomic E-state index is 0.0234. The molecule has 3 amide bonds. The standard InChI is InChI=1S/C26H30Cl2N4O3/c1-17(33)29-20-7-9-21(10-8-20)30-25(34)24(18-4-2-3-5-18)31-12-14-32(15-13-31)26(35)22-11-6-19(27)16-23(22)28/h6-11,16,18,24H,2-5,12-15H2,1H3,(H,29,33)(H,30,34). The summed E-state index contributed by atoms with van der Waals surface area (Å²) in [5.41, 5.74) is 1.82. The summed E-state index contributed by atoms with van der Waals surface area (Å²) < 4.78 is 0. The summed E-state index contributed by atoms with van der Waals surface area (Å²) >= 11 is 12.2. The molecular weight excluding hydrogens is 487 g/mol. The molecule has 4 rings (SSSR count). The fraction of sp³-hybridized carbons (Fsp3) is 0.423. The van der Waals surface area contributed by atoms with Crippen molar-refractivity contribution in [1.29, 1.82) is 0 Å². The predicted octanol–water partition coefficient (Wildman–Crippen LogP) is 4.91. The molecule has 1 aliphatic heterocycles. The van der Waals surface area contributed by atoms with Gasteiger partial charge in [-0.05, 0) is 61.2 Å². The van der Waals surface area contributed by atoms with Gasteiger partial charge in [-0.3, -0.25) is 19.3 Å². The Morgan fingerprint density at radius 3 is 2.06 bits per heavy atom. The molecule has 0 spiro atoms. The van der Waals surface area contributed by atoms with E-state index in [1.807, 2.05) is 0 Å². The molecule has 1 saturated carbocycles. The van der Waals surface area contributed by atoms with Gasteiger partial charge in [0.25, 0.3) is 5.91 Å². The highest BCUT2D eigenvalue weighted by atomic mass is 35.5. The zero-order valence-corrected chi connectivity index (χ0v) is 21.2. The van der Waals surface area contributed by atoms with Crippen LogP contribution < -0.4 is 10.6 Å². The molecule has 2 fully saturated rings. The summed E-state index contributed by atoms with van der Waals surface area (Å²) in [5.74, 6) is 0.0119. The average Bonchev–Trinajstić information content (AvgIpc) is 3.34. The van der Waals surface area contributed by atoms with Crippen molar-refractivity contribution in [2.24, 2.45) is 5.92 Å². The van der Waals surface area contributed by atoms with E-state index in [0.717, 1.165) is 25.7 Å². The van der Waals surface area contributed by atoms with Crippen molar-refractivity contribution in [3.8, 4) is 0 Å². The van der Waals surface area contributed by atoms with Gasteiger partial charge in [0.2, 0.25) is 11.8 Å². The van der Waals surface area contributed by atoms with Gasteiger partial charge in [-0.2, -0.15) is 0 Å². The number of amides is 3. The Bertz CT molecular complexity index is 1080. The topological polar surface area (TPSA) is 81.8 Å². The molecule has 9 heteroatoms. The van der Waals surface area contributed by atoms with E-state index in [1.54, 1.807) is 47.4 Å². The monoisotopic (exact) mass is 516 g/mol. The third kappa shape index (κ3) is 6.34. The Labute approximate surface area is 215 Å². The van der Waals surface area contributed by atoms with Crippen LogP contribution in [0.3, 0.4) is 0 Å². The van der Waals surface area contributed by atoms with Gasteiger partial charge in [0.1, 0.15) is 0 Å². The SMILES string of the molecule is CC(=O)Nc1ccc(NC(=O)C(C2CCCC2)N2CCN(C(=O)c3ccc(Cl)cc3Cl)CC2)cc1. The van der Waals surface area contributed by atoms with Crippen LogP contribution in [-0.2, 0) is 9.59 Å². The van der Waals surface area contributed by atoms with Gasteiger partial charge in [0.05, 0.1) is 16.6 Å². The third-order valence-corrected chi connectivity index (χ3v) is 7.29. The number of piperazine rings is 1. The molecule has 186 valence electrons. The summed E-state index contributed by atoms with van der Waals surface area (Å²) in [6.07, 6.45) is 4.32. The van der Waals surface area contributed by atoms with Crippen molar-refractivity contribution in [2.45, 2.75) is 38.6 Å². The summed E-state index contributed by atoms with van der Waals surface area (Å²) in [4.78, 5) is 41.7. The van der Waals surface area contributed by atoms with E-state index in [-0.39, 0.29) is 23.8 Å². The van der Waals surface area contributed by atoms with E-state index in [1.165, 1.54) is 6.92 Å². The number of nitrogens with one attached hydrogen (secondary N) is 2. The van der Waals surface area contributed by atoms with Gasteiger partial charge < -0.3 is 15.5 Å². The molecule has 1 aliphatic carbocycles. The lowest BCUT2D eigenvalue weighted by molar-refractivity contribution is -0.124. The number of hydrogen-bond donors (Lipinski definition) is 2. The number of nitrogens with zero attached hydrogens (tertiary/aromatic N) is 2. The van der Waals surface area contributed by atoms with Crippen molar-refractivity contribution in [3.63, 3.8) is 0 Å². The van der Waals surface area contributed by atoms with Crippen LogP contribution in [0.1, 0.15) is 43.0 Å². The van der Waals surface area contributed by atoms with Crippen molar-refractivity contribution in [2.75, 3.05) is 36.8 Å². The number of carbonyl (C=O) groups excluding carboxylic acids is 3. The van der Waals surface area contributed by atoms with Gasteiger partial charge in [0, 0.05) is 49.5 Å². The van der Waals surface area contributed by atoms with Crippen LogP contribution in [0, 0.1) is 5.92 Å². The van der Waals surface area contributed by atoms with Crippen molar-refractivity contribution >= 4 is 52.3 Å². The number of carbonyl (C=O) groups is 3. The summed E-state index contributed by atoms with van der Waals surface area (Å²) in [5, 5.41) is 6.63. The van der Waals surface area contributed by atoms with Gasteiger partial charge in [-0.25, -0.2) is 0 Å². The maximum Gasteiger partial charge on any atom is 0.255 e. The Kier molecular flexibility index (Phi) is 8.31. The molecule has 2 aromatic carbocycles. The lowest BCUT2D eigenvalue weighted by atomic mass is 9.94. The maximum atomic E-state index is 13.4. The summed E-state index contributed by atoms with van der Waals surface area (Å²) in [7, 11) is 0. The quantitative estimate of drug-likeness (QED) is 0.571. The number of rotatable bonds is 6. The Hall–Kier alpha value is -2.61. The normalized spacial score (nSPS) is 17.7. The van der Waals surface area contributed by atoms with Crippen LogP contribution in [0.25, 0.3) is 0 Å². The number of benzene rings is 2. The molecule has 0 radical (unpaired) electrons. The van der Waals surface area contributed by atoms with Crippen LogP contribution in [-0.4, -0.2) is 59.7 Å². The second-order valence-corrected chi connectivity index (χ2v) is 10.0. The first-order valence-corrected chi connectivity index (χ1v) is 12.7. The summed E-state index contributed by atoms with van der Waals surface area (Å²) in [6, 6.07) is 11.8. The van der Waals surface area contributed by atoms with Crippen molar-refractivity contribution in [3.05, 3.63) is 58.1 Å². The van der Waals surface area contributed by atoms with Gasteiger partial charge in [-0.1, -0.05) is 36.0 Å². The first-order chi connectivity index (χ1) is 16.8. The number of halogens is 2. The molecule has 2 aromatic rings. The van der Waals surface area contributed by atoms with Gasteiger partial charge in [-0.15, -0.1) is 0 Å². The molecule has 0 aromatic heterocycles. The molecule has 1 unspecified atom stereocenters. The van der Waals surface area contributed by atoms with Gasteiger partial charge in [0.15, 0.2) is 0 Å². The minimum Gasteiger partial charge on any atom is -0.336 e. The molecule has 0 bridgehead atoms. The highest BCUT2D eigenvalue weighted by Gasteiger charge is 2.37. The van der Waals surface area contributed by atoms with E-state index in [0.29, 0.717) is 59.1 Å². The average molecular weight is 517 g/mol. The van der Waals surface area contributed by atoms with Crippen LogP contribution >= 0.6 is 23.2 Å². The van der Waals surface area contributed by atoms with Crippen LogP contribution in [0.15, 0.2) is 42.5 Å². The van der Waals surface area contributed by atoms with Crippen molar-refractivity contribution < 1.29 is 14.4 Å². The fourth-order valence-electron chi connectivity index (χ4n) is 5.04. The number of anilines is 2. The Balaban J connectivity index is 1.41. The van der Waals surface area contributed by atoms with Crippen molar-refractivity contribution in [1.82, 2.24) is 9.80 Å². The highest BCUT2D eigenvalue weighted by Crippen LogP contribution is 2.32. The lowest BCUT2D eigenvalue weighted by Crippen LogP contribution is -2.57. The highest BCUT2D eigenvalue weighted by molar-refractivity contribution is 6.36. The van der Waals surface area contributed by atoms with Crippen LogP contribution in [0.5, 0.6) is 0 Å². The summed E-state index contributed by atoms with van der Waals surface area (Å²) in [6.45, 7) is 3.75. The predicted molar refractivity (Wildman–Crippen MR) is 139 cm³/mol. The molecule has 1 heterocycles. The molecule has 1 atom stereocenters. The van der Waals surface area contributed by atoms with Gasteiger partial charge >= 0.3 is 0 Å². The van der Waals surface area contributed by atoms with E-state index >= 15 is 0 Å². The van der Waals surface area contributed by atoms with Crippen LogP contribution in [0.2, 0.25) is 10.0 Å². The molecule has 35 heavy (non-hydrogen) atoms. The maximum absolute atomic E-state index is 13.4. The Morgan fingerprint density at radius 2 is 1.49 bits per heavy atom. The fourth-order valence-corrected chi connectivity index (χ4v) is 5.53. The largest absolute Gasteiger partial charge is 0.336 e. The molecule has 2 aliphatic rings. The molecule has 1 saturated heterocycles. The second-order valence-electron chi connectivity index (χ2n) is 9.19. The minimum atomic E-state index is -0.246. The number of hydrogen-bond acceptors (Lipinski definition) is 4. The second kappa shape index (κ2) is 11.4. The lowest BCUT2D eigenvalue weighted by Gasteiger charge is -2.40. The smallest absolute Gasteiger partial charge is 0.255 e. The molecule has 7 nitrogen and oxygen atoms in total. The first-order valence-electron chi connectivity index (χ1n) is 12.0. The van der Waals surface area contributed by atoms with Crippen LogP contribution in [0.4, 0.5) is 11.4 Å². The zero-order valence-electron chi connectivity index (χ0n) is 19.7.